The summed E-state index contributed by atoms with van der Waals surface area (Å²) in [4.78, 5) is 26.6. The fourth-order valence-electron chi connectivity index (χ4n) is 2.47. The molecule has 0 spiro atoms. The molecule has 2 aromatic carbocycles. The number of carbonyl (C=O) groups excluding carboxylic acids is 2. The minimum Gasteiger partial charge on any atom is -0.422 e. The average molecular weight is 364 g/mol. The summed E-state index contributed by atoms with van der Waals surface area (Å²) < 4.78 is 5.33. The van der Waals surface area contributed by atoms with Gasteiger partial charge in [0.25, 0.3) is 0 Å². The molecule has 0 N–H and O–H groups in total. The first-order valence-corrected chi connectivity index (χ1v) is 9.29. The molecule has 3 nitrogen and oxygen atoms in total. The Hall–Kier alpha value is -2.63. The number of allylic oxidation sites excluding steroid dienone is 1. The molecule has 4 rings (SSSR count). The lowest BCUT2D eigenvalue weighted by Crippen LogP contribution is -2.06. The third-order valence-corrected chi connectivity index (χ3v) is 5.64. The van der Waals surface area contributed by atoms with Crippen LogP contribution in [0, 0.1) is 0 Å². The molecule has 0 radical (unpaired) electrons. The van der Waals surface area contributed by atoms with Gasteiger partial charge in [-0.2, -0.15) is 0 Å². The van der Waals surface area contributed by atoms with E-state index >= 15 is 0 Å². The van der Waals surface area contributed by atoms with Crippen molar-refractivity contribution in [3.05, 3.63) is 87.0 Å². The molecular formula is C20H12O3S2. The Labute approximate surface area is 153 Å². The van der Waals surface area contributed by atoms with Gasteiger partial charge in [-0.1, -0.05) is 42.1 Å². The molecule has 0 amide bonds. The van der Waals surface area contributed by atoms with Crippen LogP contribution in [-0.4, -0.2) is 11.8 Å². The number of ether oxygens (including phenoxy) is 1. The highest BCUT2D eigenvalue weighted by Crippen LogP contribution is 2.40. The molecule has 0 atom stereocenters. The van der Waals surface area contributed by atoms with Crippen molar-refractivity contribution in [1.82, 2.24) is 0 Å². The predicted molar refractivity (Wildman–Crippen MR) is 100 cm³/mol. The van der Waals surface area contributed by atoms with Gasteiger partial charge in [0.15, 0.2) is 0 Å². The molecule has 0 bridgehead atoms. The summed E-state index contributed by atoms with van der Waals surface area (Å²) in [7, 11) is 0. The molecule has 0 fully saturated rings. The second-order valence-corrected chi connectivity index (χ2v) is 7.40. The molecule has 3 aromatic rings. The van der Waals surface area contributed by atoms with E-state index in [-0.39, 0.29) is 11.8 Å². The maximum absolute atomic E-state index is 12.4. The van der Waals surface area contributed by atoms with Crippen molar-refractivity contribution < 1.29 is 14.3 Å². The number of rotatable bonds is 3. The van der Waals surface area contributed by atoms with Gasteiger partial charge in [-0.05, 0) is 47.4 Å². The maximum atomic E-state index is 12.4. The molecule has 0 unspecified atom stereocenters. The van der Waals surface area contributed by atoms with E-state index in [0.29, 0.717) is 15.5 Å². The normalized spacial score (nSPS) is 14.6. The van der Waals surface area contributed by atoms with E-state index in [1.165, 1.54) is 23.1 Å². The molecule has 122 valence electrons. The number of Topliss-reactive ketones (excluding diaryl/α,β-unsaturated/α-hetero) is 1. The van der Waals surface area contributed by atoms with Gasteiger partial charge in [0.05, 0.1) is 4.91 Å². The number of thioether (sulfide) groups is 1. The largest absolute Gasteiger partial charge is 0.422 e. The number of ketones is 1. The highest BCUT2D eigenvalue weighted by Gasteiger charge is 2.25. The predicted octanol–water partition coefficient (Wildman–Crippen LogP) is 5.30. The summed E-state index contributed by atoms with van der Waals surface area (Å²) in [5.41, 5.74) is 1.64. The lowest BCUT2D eigenvalue weighted by atomic mass is 10.1. The third-order valence-electron chi connectivity index (χ3n) is 3.69. The smallest absolute Gasteiger partial charge is 0.353 e. The van der Waals surface area contributed by atoms with Crippen molar-refractivity contribution >= 4 is 40.9 Å². The zero-order valence-corrected chi connectivity index (χ0v) is 14.6. The number of benzene rings is 2. The van der Waals surface area contributed by atoms with Crippen LogP contribution in [0.5, 0.6) is 5.75 Å². The van der Waals surface area contributed by atoms with Crippen LogP contribution < -0.4 is 4.74 Å². The van der Waals surface area contributed by atoms with Gasteiger partial charge >= 0.3 is 5.97 Å². The Morgan fingerprint density at radius 1 is 0.960 bits per heavy atom. The number of hydrogen-bond acceptors (Lipinski definition) is 5. The molecule has 1 aromatic heterocycles. The van der Waals surface area contributed by atoms with E-state index in [4.69, 9.17) is 4.74 Å². The van der Waals surface area contributed by atoms with Crippen LogP contribution in [0.4, 0.5) is 0 Å². The Kier molecular flexibility index (Phi) is 4.26. The van der Waals surface area contributed by atoms with Crippen molar-refractivity contribution in [1.29, 1.82) is 0 Å². The van der Waals surface area contributed by atoms with E-state index in [0.717, 1.165) is 16.0 Å². The van der Waals surface area contributed by atoms with Gasteiger partial charge in [0.1, 0.15) is 10.6 Å². The monoisotopic (exact) mass is 364 g/mol. The van der Waals surface area contributed by atoms with E-state index in [9.17, 15) is 9.59 Å². The van der Waals surface area contributed by atoms with Crippen LogP contribution >= 0.6 is 23.1 Å². The number of thiophene rings is 1. The number of fused-ring (bicyclic) bond motifs is 1. The summed E-state index contributed by atoms with van der Waals surface area (Å²) in [6.45, 7) is 0. The first kappa shape index (κ1) is 15.9. The van der Waals surface area contributed by atoms with Crippen molar-refractivity contribution in [3.63, 3.8) is 0 Å². The van der Waals surface area contributed by atoms with Crippen LogP contribution in [0.3, 0.4) is 0 Å². The summed E-state index contributed by atoms with van der Waals surface area (Å²) in [5, 5.41) is 1.83. The minimum absolute atomic E-state index is 0.0498. The Morgan fingerprint density at radius 2 is 1.76 bits per heavy atom. The first-order valence-electron chi connectivity index (χ1n) is 7.60. The summed E-state index contributed by atoms with van der Waals surface area (Å²) in [5.74, 6) is 0.168. The molecule has 1 aliphatic rings. The highest BCUT2D eigenvalue weighted by molar-refractivity contribution is 8.04. The van der Waals surface area contributed by atoms with Gasteiger partial charge in [0, 0.05) is 10.5 Å². The SMILES string of the molecule is O=C(Oc1ccc(/C=C2\Sc3ccccc3C2=O)cc1)c1cccs1. The van der Waals surface area contributed by atoms with E-state index < -0.39 is 0 Å². The fraction of sp³-hybridized carbons (Fsp3) is 0. The molecule has 0 aliphatic carbocycles. The van der Waals surface area contributed by atoms with Crippen LogP contribution in [0.1, 0.15) is 25.6 Å². The summed E-state index contributed by atoms with van der Waals surface area (Å²) >= 11 is 2.82. The van der Waals surface area contributed by atoms with Crippen molar-refractivity contribution in [3.8, 4) is 5.75 Å². The van der Waals surface area contributed by atoms with Crippen molar-refractivity contribution in [2.24, 2.45) is 0 Å². The van der Waals surface area contributed by atoms with Gasteiger partial charge < -0.3 is 4.74 Å². The standard InChI is InChI=1S/C20H12O3S2/c21-19-15-4-1-2-5-16(15)25-18(19)12-13-7-9-14(10-8-13)23-20(22)17-6-3-11-24-17/h1-12H/b18-12-. The molecule has 25 heavy (non-hydrogen) atoms. The highest BCUT2D eigenvalue weighted by atomic mass is 32.2. The van der Waals surface area contributed by atoms with Crippen LogP contribution in [-0.2, 0) is 0 Å². The number of carbonyl (C=O) groups is 2. The second-order valence-electron chi connectivity index (χ2n) is 5.37. The van der Waals surface area contributed by atoms with E-state index in [1.54, 1.807) is 18.2 Å². The zero-order valence-electron chi connectivity index (χ0n) is 13.0. The molecular weight excluding hydrogens is 352 g/mol. The minimum atomic E-state index is -0.363. The Balaban J connectivity index is 1.50. The van der Waals surface area contributed by atoms with Crippen LogP contribution in [0.25, 0.3) is 6.08 Å². The zero-order chi connectivity index (χ0) is 17.2. The van der Waals surface area contributed by atoms with Gasteiger partial charge in [-0.3, -0.25) is 4.79 Å². The molecule has 0 saturated heterocycles. The van der Waals surface area contributed by atoms with Crippen LogP contribution in [0.15, 0.2) is 75.8 Å². The number of esters is 1. The molecule has 5 heteroatoms. The van der Waals surface area contributed by atoms with Crippen LogP contribution in [0.2, 0.25) is 0 Å². The Morgan fingerprint density at radius 3 is 2.48 bits per heavy atom. The maximum Gasteiger partial charge on any atom is 0.353 e. The second kappa shape index (κ2) is 6.70. The van der Waals surface area contributed by atoms with Gasteiger partial charge in [0.2, 0.25) is 5.78 Å². The molecule has 1 aliphatic heterocycles. The lowest BCUT2D eigenvalue weighted by Gasteiger charge is -2.03. The van der Waals surface area contributed by atoms with Gasteiger partial charge in [-0.25, -0.2) is 4.79 Å². The first-order chi connectivity index (χ1) is 12.2. The fourth-order valence-corrected chi connectivity index (χ4v) is 4.12. The third kappa shape index (κ3) is 3.29. The van der Waals surface area contributed by atoms with E-state index in [2.05, 4.69) is 0 Å². The lowest BCUT2D eigenvalue weighted by molar-refractivity contribution is 0.0739. The topological polar surface area (TPSA) is 43.4 Å². The quantitative estimate of drug-likeness (QED) is 0.359. The van der Waals surface area contributed by atoms with Crippen molar-refractivity contribution in [2.75, 3.05) is 0 Å². The van der Waals surface area contributed by atoms with E-state index in [1.807, 2.05) is 53.9 Å². The molecule has 2 heterocycles. The van der Waals surface area contributed by atoms with Gasteiger partial charge in [-0.15, -0.1) is 11.3 Å². The summed E-state index contributed by atoms with van der Waals surface area (Å²) in [6, 6.07) is 18.3. The summed E-state index contributed by atoms with van der Waals surface area (Å²) in [6.07, 6.45) is 1.86. The Bertz CT molecular complexity index is 970. The van der Waals surface area contributed by atoms with Crippen molar-refractivity contribution in [2.45, 2.75) is 4.90 Å². The average Bonchev–Trinajstić information content (AvgIpc) is 3.26. The number of hydrogen-bond donors (Lipinski definition) is 0. The molecule has 0 saturated carbocycles.